The van der Waals surface area contributed by atoms with E-state index in [9.17, 15) is 0 Å². The Balaban J connectivity index is 3.13. The van der Waals surface area contributed by atoms with Gasteiger partial charge in [-0.15, -0.1) is 0 Å². The van der Waals surface area contributed by atoms with Gasteiger partial charge in [-0.3, -0.25) is 0 Å². The zero-order valence-electron chi connectivity index (χ0n) is 9.18. The van der Waals surface area contributed by atoms with Gasteiger partial charge in [-0.2, -0.15) is 5.26 Å². The van der Waals surface area contributed by atoms with Gasteiger partial charge >= 0.3 is 0 Å². The Bertz CT molecular complexity index is 455. The number of hydrogen-bond acceptors (Lipinski definition) is 5. The molecule has 0 aliphatic heterocycles. The molecule has 17 heavy (non-hydrogen) atoms. The molecule has 1 aromatic carbocycles. The minimum absolute atomic E-state index is 0.118. The monoisotopic (exact) mass is 254 g/mol. The fourth-order valence-corrected chi connectivity index (χ4v) is 1.51. The largest absolute Gasteiger partial charge is 0.490 e. The zero-order valence-corrected chi connectivity index (χ0v) is 9.94. The van der Waals surface area contributed by atoms with Crippen molar-refractivity contribution in [3.05, 3.63) is 22.7 Å². The van der Waals surface area contributed by atoms with Crippen molar-refractivity contribution in [1.82, 2.24) is 0 Å². The van der Waals surface area contributed by atoms with Gasteiger partial charge in [0.2, 0.25) is 0 Å². The summed E-state index contributed by atoms with van der Waals surface area (Å²) >= 11 is 5.98. The maximum atomic E-state index is 8.46. The fourth-order valence-electron chi connectivity index (χ4n) is 1.24. The van der Waals surface area contributed by atoms with E-state index in [1.54, 1.807) is 12.1 Å². The Kier molecular flexibility index (Phi) is 5.11. The van der Waals surface area contributed by atoms with Crippen molar-refractivity contribution in [2.75, 3.05) is 13.2 Å². The van der Waals surface area contributed by atoms with Crippen LogP contribution in [0.1, 0.15) is 12.5 Å². The minimum atomic E-state index is -0.118. The molecular formula is C11H11ClN2O3. The second kappa shape index (κ2) is 6.61. The van der Waals surface area contributed by atoms with E-state index in [4.69, 9.17) is 31.5 Å². The minimum Gasteiger partial charge on any atom is -0.490 e. The molecule has 1 aromatic rings. The van der Waals surface area contributed by atoms with Crippen LogP contribution in [0.5, 0.6) is 11.5 Å². The molecule has 0 bridgehead atoms. The summed E-state index contributed by atoms with van der Waals surface area (Å²) in [6, 6.07) is 5.01. The average molecular weight is 255 g/mol. The Morgan fingerprint density at radius 3 is 2.88 bits per heavy atom. The Hall–Kier alpha value is -1.93. The van der Waals surface area contributed by atoms with Gasteiger partial charge in [0.1, 0.15) is 6.07 Å². The number of halogens is 1. The first-order chi connectivity index (χ1) is 8.22. The fraction of sp³-hybridized carbons (Fsp3) is 0.273. The van der Waals surface area contributed by atoms with Gasteiger partial charge in [0.15, 0.2) is 18.1 Å². The molecule has 5 nitrogen and oxygen atoms in total. The van der Waals surface area contributed by atoms with Crippen LogP contribution in [0.2, 0.25) is 5.02 Å². The van der Waals surface area contributed by atoms with E-state index >= 15 is 0 Å². The molecule has 0 aliphatic rings. The molecule has 0 spiro atoms. The topological polar surface area (TPSA) is 74.8 Å². The molecule has 0 fully saturated rings. The number of hydrogen-bond donors (Lipinski definition) is 1. The van der Waals surface area contributed by atoms with E-state index in [0.29, 0.717) is 28.7 Å². The summed E-state index contributed by atoms with van der Waals surface area (Å²) in [7, 11) is 0. The summed E-state index contributed by atoms with van der Waals surface area (Å²) in [5.41, 5.74) is 0.574. The third-order valence-corrected chi connectivity index (χ3v) is 2.10. The summed E-state index contributed by atoms with van der Waals surface area (Å²) in [5.74, 6) is 0.718. The predicted octanol–water partition coefficient (Wildman–Crippen LogP) is 2.45. The van der Waals surface area contributed by atoms with Crippen molar-refractivity contribution in [3.8, 4) is 17.6 Å². The standard InChI is InChI=1S/C11H11ClN2O3/c1-2-16-10-6-8(7-14-15)5-9(12)11(10)17-4-3-13/h5-7,15H,2,4H2,1H3. The first kappa shape index (κ1) is 13.1. The van der Waals surface area contributed by atoms with Gasteiger partial charge in [-0.1, -0.05) is 16.8 Å². The van der Waals surface area contributed by atoms with Crippen LogP contribution in [0.4, 0.5) is 0 Å². The van der Waals surface area contributed by atoms with Crippen LogP contribution in [-0.2, 0) is 0 Å². The molecule has 0 amide bonds. The molecule has 0 saturated carbocycles. The summed E-state index contributed by atoms with van der Waals surface area (Å²) in [6.45, 7) is 2.13. The number of benzene rings is 1. The molecule has 0 unspecified atom stereocenters. The van der Waals surface area contributed by atoms with Gasteiger partial charge in [-0.05, 0) is 19.1 Å². The molecule has 1 N–H and O–H groups in total. The van der Waals surface area contributed by atoms with E-state index in [1.165, 1.54) is 6.21 Å². The van der Waals surface area contributed by atoms with E-state index in [2.05, 4.69) is 5.16 Å². The maximum Gasteiger partial charge on any atom is 0.181 e. The molecule has 0 heterocycles. The van der Waals surface area contributed by atoms with Crippen molar-refractivity contribution in [2.24, 2.45) is 5.16 Å². The van der Waals surface area contributed by atoms with Crippen LogP contribution in [0.3, 0.4) is 0 Å². The summed E-state index contributed by atoms with van der Waals surface area (Å²) < 4.78 is 10.5. The number of nitriles is 1. The molecule has 0 aromatic heterocycles. The van der Waals surface area contributed by atoms with Gasteiger partial charge in [0.25, 0.3) is 0 Å². The Labute approximate surface area is 104 Å². The smallest absolute Gasteiger partial charge is 0.181 e. The van der Waals surface area contributed by atoms with Crippen molar-refractivity contribution in [2.45, 2.75) is 6.92 Å². The van der Waals surface area contributed by atoms with Crippen molar-refractivity contribution < 1.29 is 14.7 Å². The van der Waals surface area contributed by atoms with Crippen LogP contribution >= 0.6 is 11.6 Å². The lowest BCUT2D eigenvalue weighted by atomic mass is 10.2. The summed E-state index contributed by atoms with van der Waals surface area (Å²) in [4.78, 5) is 0. The molecular weight excluding hydrogens is 244 g/mol. The normalized spacial score (nSPS) is 10.2. The SMILES string of the molecule is CCOc1cc(C=NO)cc(Cl)c1OCC#N. The van der Waals surface area contributed by atoms with Gasteiger partial charge in [0.05, 0.1) is 17.8 Å². The summed E-state index contributed by atoms with van der Waals surface area (Å²) in [6.07, 6.45) is 1.22. The van der Waals surface area contributed by atoms with Crippen LogP contribution in [0.25, 0.3) is 0 Å². The van der Waals surface area contributed by atoms with Crippen molar-refractivity contribution >= 4 is 17.8 Å². The predicted molar refractivity (Wildman–Crippen MR) is 63.1 cm³/mol. The zero-order chi connectivity index (χ0) is 12.7. The Morgan fingerprint density at radius 2 is 2.29 bits per heavy atom. The van der Waals surface area contributed by atoms with Gasteiger partial charge in [-0.25, -0.2) is 0 Å². The lowest BCUT2D eigenvalue weighted by Crippen LogP contribution is -2.01. The van der Waals surface area contributed by atoms with E-state index in [-0.39, 0.29) is 6.61 Å². The van der Waals surface area contributed by atoms with Crippen LogP contribution < -0.4 is 9.47 Å². The first-order valence-corrected chi connectivity index (χ1v) is 5.24. The number of oxime groups is 1. The highest BCUT2D eigenvalue weighted by atomic mass is 35.5. The molecule has 6 heteroatoms. The third-order valence-electron chi connectivity index (χ3n) is 1.82. The lowest BCUT2D eigenvalue weighted by Gasteiger charge is -2.12. The third kappa shape index (κ3) is 3.54. The van der Waals surface area contributed by atoms with Crippen molar-refractivity contribution in [1.29, 1.82) is 5.26 Å². The maximum absolute atomic E-state index is 8.46. The second-order valence-electron chi connectivity index (χ2n) is 2.95. The molecule has 0 aliphatic carbocycles. The number of nitrogens with zero attached hydrogens (tertiary/aromatic N) is 2. The Morgan fingerprint density at radius 1 is 1.53 bits per heavy atom. The highest BCUT2D eigenvalue weighted by Gasteiger charge is 2.11. The van der Waals surface area contributed by atoms with Crippen LogP contribution in [0.15, 0.2) is 17.3 Å². The highest BCUT2D eigenvalue weighted by molar-refractivity contribution is 6.32. The first-order valence-electron chi connectivity index (χ1n) is 4.86. The van der Waals surface area contributed by atoms with E-state index in [0.717, 1.165) is 0 Å². The van der Waals surface area contributed by atoms with Crippen LogP contribution in [0, 0.1) is 11.3 Å². The highest BCUT2D eigenvalue weighted by Crippen LogP contribution is 2.36. The second-order valence-corrected chi connectivity index (χ2v) is 3.36. The molecule has 1 rings (SSSR count). The van der Waals surface area contributed by atoms with E-state index < -0.39 is 0 Å². The average Bonchev–Trinajstić information content (AvgIpc) is 2.29. The van der Waals surface area contributed by atoms with Gasteiger partial charge in [0, 0.05) is 5.56 Å². The molecule has 0 atom stereocenters. The molecule has 90 valence electrons. The number of ether oxygens (including phenoxy) is 2. The quantitative estimate of drug-likeness (QED) is 0.497. The van der Waals surface area contributed by atoms with Crippen LogP contribution in [-0.4, -0.2) is 24.6 Å². The van der Waals surface area contributed by atoms with E-state index in [1.807, 2.05) is 13.0 Å². The van der Waals surface area contributed by atoms with Crippen molar-refractivity contribution in [3.63, 3.8) is 0 Å². The molecule has 0 radical (unpaired) electrons. The summed E-state index contributed by atoms with van der Waals surface area (Å²) in [5, 5.41) is 20.1. The van der Waals surface area contributed by atoms with Gasteiger partial charge < -0.3 is 14.7 Å². The number of rotatable bonds is 5. The lowest BCUT2D eigenvalue weighted by molar-refractivity contribution is 0.298. The molecule has 0 saturated heterocycles.